The van der Waals surface area contributed by atoms with E-state index in [0.717, 1.165) is 38.5 Å². The van der Waals surface area contributed by atoms with E-state index in [1.807, 2.05) is 0 Å². The first kappa shape index (κ1) is 47.2. The maximum absolute atomic E-state index is 12.2. The second-order valence-corrected chi connectivity index (χ2v) is 22.9. The van der Waals surface area contributed by atoms with Gasteiger partial charge in [0.2, 0.25) is 0 Å². The Morgan fingerprint density at radius 1 is 0.698 bits per heavy atom. The molecule has 9 rings (SSSR count). The largest absolute Gasteiger partial charge is 0.394 e. The number of fused-ring (bicyclic) bond motifs is 4. The van der Waals surface area contributed by atoms with E-state index in [1.165, 1.54) is 0 Å². The van der Waals surface area contributed by atoms with Gasteiger partial charge in [-0.05, 0) is 91.8 Å². The quantitative estimate of drug-likeness (QED) is 0.128. The van der Waals surface area contributed by atoms with E-state index in [9.17, 15) is 46.0 Å². The summed E-state index contributed by atoms with van der Waals surface area (Å²) >= 11 is 0. The van der Waals surface area contributed by atoms with Gasteiger partial charge >= 0.3 is 0 Å². The lowest BCUT2D eigenvalue weighted by Gasteiger charge is -2.73. The summed E-state index contributed by atoms with van der Waals surface area (Å²) in [7, 11) is 0. The predicted molar refractivity (Wildman–Crippen MR) is 222 cm³/mol. The molecule has 0 amide bonds. The Labute approximate surface area is 371 Å². The van der Waals surface area contributed by atoms with Crippen molar-refractivity contribution in [1.82, 2.24) is 0 Å². The van der Waals surface area contributed by atoms with E-state index in [-0.39, 0.29) is 39.4 Å². The molecule has 63 heavy (non-hydrogen) atoms. The summed E-state index contributed by atoms with van der Waals surface area (Å²) in [5.74, 6) is 1.64. The molecule has 2 bridgehead atoms. The first-order valence-corrected chi connectivity index (χ1v) is 23.8. The van der Waals surface area contributed by atoms with Crippen LogP contribution in [0.25, 0.3) is 0 Å². The molecule has 4 saturated carbocycles. The summed E-state index contributed by atoms with van der Waals surface area (Å²) in [5, 5.41) is 98.1. The van der Waals surface area contributed by atoms with Crippen molar-refractivity contribution in [3.63, 3.8) is 0 Å². The van der Waals surface area contributed by atoms with Gasteiger partial charge < -0.3 is 79.1 Å². The van der Waals surface area contributed by atoms with E-state index in [0.29, 0.717) is 24.9 Å². The summed E-state index contributed by atoms with van der Waals surface area (Å²) in [6.45, 7) is 17.6. The van der Waals surface area contributed by atoms with Crippen LogP contribution < -0.4 is 0 Å². The van der Waals surface area contributed by atoms with Crippen LogP contribution >= 0.6 is 0 Å². The summed E-state index contributed by atoms with van der Waals surface area (Å²) in [5.41, 5.74) is -1.67. The Hall–Kier alpha value is -0.900. The average Bonchev–Trinajstić information content (AvgIpc) is 3.54. The highest BCUT2D eigenvalue weighted by molar-refractivity contribution is 5.36. The number of aliphatic hydroxyl groups excluding tert-OH is 9. The molecule has 4 saturated heterocycles. The Morgan fingerprint density at radius 2 is 1.37 bits per heavy atom. The van der Waals surface area contributed by atoms with E-state index < -0.39 is 122 Å². The van der Waals surface area contributed by atoms with Crippen LogP contribution in [0, 0.1) is 56.7 Å². The Balaban J connectivity index is 0.978. The lowest BCUT2D eigenvalue weighted by atomic mass is 9.31. The molecule has 8 fully saturated rings. The fraction of sp³-hybridized carbons (Fsp3) is 0.957. The summed E-state index contributed by atoms with van der Waals surface area (Å²) in [4.78, 5) is 0. The van der Waals surface area contributed by atoms with Gasteiger partial charge in [-0.25, -0.2) is 0 Å². The first-order chi connectivity index (χ1) is 29.5. The lowest BCUT2D eigenvalue weighted by molar-refractivity contribution is -0.393. The van der Waals surface area contributed by atoms with Crippen molar-refractivity contribution in [2.45, 2.75) is 204 Å². The van der Waals surface area contributed by atoms with Gasteiger partial charge in [-0.15, -0.1) is 0 Å². The van der Waals surface area contributed by atoms with Gasteiger partial charge in [0.15, 0.2) is 18.9 Å². The molecule has 0 radical (unpaired) electrons. The number of rotatable bonds is 7. The van der Waals surface area contributed by atoms with Crippen molar-refractivity contribution < 1.29 is 79.1 Å². The minimum absolute atomic E-state index is 0.139. The van der Waals surface area contributed by atoms with Gasteiger partial charge in [0.25, 0.3) is 0 Å². The first-order valence-electron chi connectivity index (χ1n) is 23.8. The van der Waals surface area contributed by atoms with E-state index >= 15 is 0 Å². The Bertz CT molecular complexity index is 1720. The SMILES string of the molecule is C[C@H]1[C@H](C)CC[C@]23CO[C@@]4(C=C[C@@H]5[C@@]6(C)CC[C@H](O[C@@H]7O[C@H](C)[C@@H](O)[C@@H](O)[C@H]7O[C@@H]7O[C@H](CO)[C@@H](O)[C@H](O)[C@H]7O[C@@H]7OC[C@@H](O)[C@H](O)[C@H]7O)C(C)(C)[C@H]6CC[C@@]5(C)[C@]4(C)C[C@H]2O)[C@@H]13. The molecule has 1 spiro atoms. The molecule has 26 atom stereocenters. The highest BCUT2D eigenvalue weighted by Gasteiger charge is 2.79. The van der Waals surface area contributed by atoms with Crippen molar-refractivity contribution in [3.8, 4) is 0 Å². The normalized spacial score (nSPS) is 59.8. The lowest BCUT2D eigenvalue weighted by Crippen LogP contribution is -2.73. The van der Waals surface area contributed by atoms with Crippen molar-refractivity contribution in [2.24, 2.45) is 56.7 Å². The third kappa shape index (κ3) is 6.58. The maximum atomic E-state index is 12.2. The Morgan fingerprint density at radius 3 is 2.06 bits per heavy atom. The fourth-order valence-electron chi connectivity index (χ4n) is 15.8. The fourth-order valence-corrected chi connectivity index (χ4v) is 15.8. The molecule has 9 N–H and O–H groups in total. The monoisotopic (exact) mass is 897 g/mol. The molecule has 9 aliphatic rings. The maximum Gasteiger partial charge on any atom is 0.187 e. The minimum Gasteiger partial charge on any atom is -0.394 e. The van der Waals surface area contributed by atoms with Crippen LogP contribution in [0.5, 0.6) is 0 Å². The zero-order valence-electron chi connectivity index (χ0n) is 38.2. The second-order valence-electron chi connectivity index (χ2n) is 22.9. The Kier molecular flexibility index (Phi) is 12.1. The third-order valence-electron chi connectivity index (χ3n) is 19.8. The predicted octanol–water partition coefficient (Wildman–Crippen LogP) is 1.12. The number of hydrogen-bond acceptors (Lipinski definition) is 16. The van der Waals surface area contributed by atoms with Crippen LogP contribution in [0.2, 0.25) is 0 Å². The van der Waals surface area contributed by atoms with Crippen LogP contribution in [0.1, 0.15) is 100 Å². The van der Waals surface area contributed by atoms with Crippen molar-refractivity contribution in [3.05, 3.63) is 12.2 Å². The molecule has 0 aromatic heterocycles. The molecule has 360 valence electrons. The van der Waals surface area contributed by atoms with Crippen molar-refractivity contribution in [2.75, 3.05) is 19.8 Å². The molecule has 0 unspecified atom stereocenters. The van der Waals surface area contributed by atoms with Gasteiger partial charge in [0, 0.05) is 16.7 Å². The summed E-state index contributed by atoms with van der Waals surface area (Å²) in [6, 6.07) is 0. The summed E-state index contributed by atoms with van der Waals surface area (Å²) in [6.07, 6.45) is -10.7. The molecule has 0 aromatic carbocycles. The average molecular weight is 897 g/mol. The number of allylic oxidation sites excluding steroid dienone is 1. The van der Waals surface area contributed by atoms with E-state index in [2.05, 4.69) is 60.6 Å². The molecule has 4 aliphatic heterocycles. The van der Waals surface area contributed by atoms with Crippen molar-refractivity contribution >= 4 is 0 Å². The van der Waals surface area contributed by atoms with Crippen LogP contribution in [0.3, 0.4) is 0 Å². The van der Waals surface area contributed by atoms with E-state index in [1.54, 1.807) is 6.92 Å². The number of hydrogen-bond donors (Lipinski definition) is 9. The van der Waals surface area contributed by atoms with E-state index in [4.69, 9.17) is 33.2 Å². The zero-order chi connectivity index (χ0) is 45.6. The van der Waals surface area contributed by atoms with Gasteiger partial charge in [0.05, 0.1) is 43.7 Å². The molecule has 4 heterocycles. The number of ether oxygens (including phenoxy) is 7. The summed E-state index contributed by atoms with van der Waals surface area (Å²) < 4.78 is 44.0. The third-order valence-corrected chi connectivity index (χ3v) is 19.8. The molecular formula is C47H76O16. The number of aliphatic hydroxyl groups is 9. The van der Waals surface area contributed by atoms with Crippen LogP contribution in [0.4, 0.5) is 0 Å². The molecule has 0 aromatic rings. The van der Waals surface area contributed by atoms with Gasteiger partial charge in [0.1, 0.15) is 61.0 Å². The molecule has 16 heteroatoms. The molecular weight excluding hydrogens is 821 g/mol. The van der Waals surface area contributed by atoms with Gasteiger partial charge in [-0.2, -0.15) is 0 Å². The van der Waals surface area contributed by atoms with Crippen LogP contribution in [-0.2, 0) is 33.2 Å². The molecule has 16 nitrogen and oxygen atoms in total. The standard InChI is InChI=1S/C47H76O16/c1-21-9-15-46-20-58-47(38(46)22(21)2)16-11-27-43(6)13-12-29(42(4,5)26(43)10-14-44(27,7)45(47,8)17-28(46)50)61-40-36(33(54)30(51)23(3)59-40)63-41-37(34(55)32(53)25(18-48)60-41)62-39-35(56)31(52)24(49)19-57-39/h11,16,21-41,48-56H,9-10,12-15,17-20H2,1-8H3/t21-,22+,23-,24-,25-,26-,27-,28-,29+,30-,31+,32-,33-,34+,35-,36-,37-,38+,39+,40+,41+,43+,44-,45+,46+,47+/m1/s1. The molecule has 5 aliphatic carbocycles. The topological polar surface area (TPSA) is 247 Å². The zero-order valence-corrected chi connectivity index (χ0v) is 38.2. The second kappa shape index (κ2) is 16.1. The smallest absolute Gasteiger partial charge is 0.187 e. The van der Waals surface area contributed by atoms with Crippen LogP contribution in [-0.4, -0.2) is 170 Å². The highest BCUT2D eigenvalue weighted by atomic mass is 16.8. The van der Waals surface area contributed by atoms with Crippen LogP contribution in [0.15, 0.2) is 12.2 Å². The highest BCUT2D eigenvalue weighted by Crippen LogP contribution is 2.79. The minimum atomic E-state index is -1.78. The van der Waals surface area contributed by atoms with Gasteiger partial charge in [-0.3, -0.25) is 0 Å². The van der Waals surface area contributed by atoms with Crippen molar-refractivity contribution in [1.29, 1.82) is 0 Å². The van der Waals surface area contributed by atoms with Gasteiger partial charge in [-0.1, -0.05) is 60.6 Å².